The zero-order valence-electron chi connectivity index (χ0n) is 9.82. The third-order valence-corrected chi connectivity index (χ3v) is 2.90. The van der Waals surface area contributed by atoms with Crippen molar-refractivity contribution in [2.24, 2.45) is 5.10 Å². The summed E-state index contributed by atoms with van der Waals surface area (Å²) in [4.78, 5) is 14.7. The number of nitrogens with one attached hydrogen (secondary N) is 2. The predicted molar refractivity (Wildman–Crippen MR) is 75.1 cm³/mol. The molecule has 1 aromatic carbocycles. The Labute approximate surface area is 118 Å². The maximum Gasteiger partial charge on any atom is 0.363 e. The van der Waals surface area contributed by atoms with Gasteiger partial charge in [-0.05, 0) is 19.1 Å². The number of aryl methyl sites for hydroxylation is 1. The lowest BCUT2D eigenvalue weighted by molar-refractivity contribution is 0.879. The molecule has 0 aliphatic carbocycles. The van der Waals surface area contributed by atoms with Crippen molar-refractivity contribution in [2.45, 2.75) is 6.92 Å². The Kier molecular flexibility index (Phi) is 4.13. The van der Waals surface area contributed by atoms with E-state index >= 15 is 0 Å². The van der Waals surface area contributed by atoms with Crippen LogP contribution in [0, 0.1) is 6.92 Å². The Balaban J connectivity index is 2.20. The number of hydrogen-bond acceptors (Lipinski definition) is 5. The smallest absolute Gasteiger partial charge is 0.260 e. The highest BCUT2D eigenvalue weighted by atomic mass is 35.5. The molecular weight excluding hydrogens is 289 g/mol. The molecule has 6 nitrogen and oxygen atoms in total. The summed E-state index contributed by atoms with van der Waals surface area (Å²) >= 11 is 12.0. The van der Waals surface area contributed by atoms with Crippen molar-refractivity contribution in [1.82, 2.24) is 15.2 Å². The molecule has 2 aromatic rings. The molecule has 0 atom stereocenters. The standard InChI is InChI=1S/C11H9Cl2N5O/c1-6-10(15-11(19)18-16-6)17-14-5-7-8(12)3-2-4-9(7)13/h2-5H,1H3,(H2,15,17,18,19)/b14-5+. The van der Waals surface area contributed by atoms with E-state index < -0.39 is 5.69 Å². The first kappa shape index (κ1) is 13.5. The molecule has 1 heterocycles. The second kappa shape index (κ2) is 5.81. The van der Waals surface area contributed by atoms with E-state index in [1.807, 2.05) is 0 Å². The van der Waals surface area contributed by atoms with Crippen molar-refractivity contribution in [2.75, 3.05) is 5.43 Å². The summed E-state index contributed by atoms with van der Waals surface area (Å²) in [7, 11) is 0. The monoisotopic (exact) mass is 297 g/mol. The van der Waals surface area contributed by atoms with E-state index in [-0.39, 0.29) is 5.82 Å². The first-order valence-corrected chi connectivity index (χ1v) is 6.00. The molecule has 8 heteroatoms. The average Bonchev–Trinajstić information content (AvgIpc) is 2.37. The number of hydrazone groups is 1. The van der Waals surface area contributed by atoms with Crippen LogP contribution < -0.4 is 11.1 Å². The third-order valence-electron chi connectivity index (χ3n) is 2.24. The highest BCUT2D eigenvalue weighted by Crippen LogP contribution is 2.22. The van der Waals surface area contributed by atoms with Crippen LogP contribution in [0.1, 0.15) is 11.3 Å². The minimum Gasteiger partial charge on any atom is -0.260 e. The van der Waals surface area contributed by atoms with Crippen molar-refractivity contribution < 1.29 is 0 Å². The first-order valence-electron chi connectivity index (χ1n) is 5.24. The fraction of sp³-hybridized carbons (Fsp3) is 0.0909. The number of H-pyrrole nitrogens is 1. The lowest BCUT2D eigenvalue weighted by Crippen LogP contribution is -2.15. The molecule has 0 unspecified atom stereocenters. The zero-order valence-corrected chi connectivity index (χ0v) is 11.3. The lowest BCUT2D eigenvalue weighted by atomic mass is 10.2. The number of aromatic amines is 1. The van der Waals surface area contributed by atoms with Gasteiger partial charge in [0.1, 0.15) is 5.69 Å². The van der Waals surface area contributed by atoms with E-state index in [0.29, 0.717) is 21.3 Å². The van der Waals surface area contributed by atoms with Crippen LogP contribution in [0.5, 0.6) is 0 Å². The number of hydrogen-bond donors (Lipinski definition) is 2. The zero-order chi connectivity index (χ0) is 13.8. The third kappa shape index (κ3) is 3.30. The SMILES string of the molecule is Cc1n[nH]c(=O)nc1N/N=C/c1c(Cl)cccc1Cl. The lowest BCUT2D eigenvalue weighted by Gasteiger charge is -2.02. The molecule has 2 N–H and O–H groups in total. The van der Waals surface area contributed by atoms with Gasteiger partial charge in [-0.15, -0.1) is 0 Å². The molecule has 0 amide bonds. The summed E-state index contributed by atoms with van der Waals surface area (Å²) in [5.74, 6) is 0.267. The van der Waals surface area contributed by atoms with Crippen LogP contribution in [0.25, 0.3) is 0 Å². The van der Waals surface area contributed by atoms with Crippen molar-refractivity contribution in [3.63, 3.8) is 0 Å². The maximum atomic E-state index is 11.0. The van der Waals surface area contributed by atoms with Gasteiger partial charge in [-0.3, -0.25) is 5.43 Å². The van der Waals surface area contributed by atoms with Gasteiger partial charge in [0.25, 0.3) is 0 Å². The number of nitrogens with zero attached hydrogens (tertiary/aromatic N) is 3. The quantitative estimate of drug-likeness (QED) is 0.672. The molecule has 19 heavy (non-hydrogen) atoms. The topological polar surface area (TPSA) is 83.0 Å². The molecule has 98 valence electrons. The van der Waals surface area contributed by atoms with Crippen LogP contribution in [-0.4, -0.2) is 21.4 Å². The van der Waals surface area contributed by atoms with E-state index in [9.17, 15) is 4.79 Å². The maximum absolute atomic E-state index is 11.0. The van der Waals surface area contributed by atoms with Gasteiger partial charge in [0, 0.05) is 5.56 Å². The first-order chi connectivity index (χ1) is 9.08. The van der Waals surface area contributed by atoms with Gasteiger partial charge in [-0.25, -0.2) is 9.89 Å². The van der Waals surface area contributed by atoms with Crippen molar-refractivity contribution >= 4 is 35.2 Å². The van der Waals surface area contributed by atoms with Gasteiger partial charge in [-0.1, -0.05) is 29.3 Å². The second-order valence-electron chi connectivity index (χ2n) is 3.58. The van der Waals surface area contributed by atoms with Crippen molar-refractivity contribution in [3.8, 4) is 0 Å². The molecule has 0 aliphatic rings. The normalized spacial score (nSPS) is 10.9. The van der Waals surface area contributed by atoms with Crippen molar-refractivity contribution in [1.29, 1.82) is 0 Å². The second-order valence-corrected chi connectivity index (χ2v) is 4.39. The fourth-order valence-electron chi connectivity index (χ4n) is 1.29. The summed E-state index contributed by atoms with van der Waals surface area (Å²) in [5.41, 5.74) is 3.15. The molecule has 0 saturated carbocycles. The Morgan fingerprint density at radius 2 is 2.05 bits per heavy atom. The summed E-state index contributed by atoms with van der Waals surface area (Å²) in [6, 6.07) is 5.14. The molecular formula is C11H9Cl2N5O. The van der Waals surface area contributed by atoms with E-state index in [1.165, 1.54) is 6.21 Å². The highest BCUT2D eigenvalue weighted by molar-refractivity contribution is 6.38. The van der Waals surface area contributed by atoms with Crippen LogP contribution >= 0.6 is 23.2 Å². The molecule has 2 rings (SSSR count). The molecule has 0 radical (unpaired) electrons. The Bertz CT molecular complexity index is 663. The van der Waals surface area contributed by atoms with Crippen LogP contribution in [0.3, 0.4) is 0 Å². The van der Waals surface area contributed by atoms with Gasteiger partial charge in [0.05, 0.1) is 16.3 Å². The van der Waals surface area contributed by atoms with Crippen LogP contribution in [-0.2, 0) is 0 Å². The van der Waals surface area contributed by atoms with E-state index in [2.05, 4.69) is 25.7 Å². The summed E-state index contributed by atoms with van der Waals surface area (Å²) in [6.45, 7) is 1.68. The van der Waals surface area contributed by atoms with Gasteiger partial charge in [0.2, 0.25) is 0 Å². The van der Waals surface area contributed by atoms with Gasteiger partial charge >= 0.3 is 5.69 Å². The summed E-state index contributed by atoms with van der Waals surface area (Å²) in [5, 5.41) is 10.9. The van der Waals surface area contributed by atoms with E-state index in [4.69, 9.17) is 23.2 Å². The fourth-order valence-corrected chi connectivity index (χ4v) is 1.79. The van der Waals surface area contributed by atoms with Crippen molar-refractivity contribution in [3.05, 3.63) is 50.0 Å². The minimum absolute atomic E-state index is 0.267. The van der Waals surface area contributed by atoms with E-state index in [0.717, 1.165) is 0 Å². The average molecular weight is 298 g/mol. The molecule has 0 fully saturated rings. The molecule has 0 spiro atoms. The molecule has 0 saturated heterocycles. The predicted octanol–water partition coefficient (Wildman–Crippen LogP) is 2.23. The largest absolute Gasteiger partial charge is 0.363 e. The van der Waals surface area contributed by atoms with Gasteiger partial charge < -0.3 is 0 Å². The number of halogens is 2. The number of anilines is 1. The number of aromatic nitrogens is 3. The summed E-state index contributed by atoms with van der Waals surface area (Å²) < 4.78 is 0. The Morgan fingerprint density at radius 1 is 1.37 bits per heavy atom. The van der Waals surface area contributed by atoms with Gasteiger partial charge in [-0.2, -0.15) is 15.2 Å². The van der Waals surface area contributed by atoms with Gasteiger partial charge in [0.15, 0.2) is 5.82 Å². The van der Waals surface area contributed by atoms with E-state index in [1.54, 1.807) is 25.1 Å². The van der Waals surface area contributed by atoms with Crippen LogP contribution in [0.15, 0.2) is 28.1 Å². The van der Waals surface area contributed by atoms with Crippen LogP contribution in [0.4, 0.5) is 5.82 Å². The number of rotatable bonds is 3. The summed E-state index contributed by atoms with van der Waals surface area (Å²) in [6.07, 6.45) is 1.45. The Hall–Kier alpha value is -1.92. The minimum atomic E-state index is -0.556. The van der Waals surface area contributed by atoms with Crippen LogP contribution in [0.2, 0.25) is 10.0 Å². The molecule has 1 aromatic heterocycles. The number of benzene rings is 1. The molecule has 0 aliphatic heterocycles. The highest BCUT2D eigenvalue weighted by Gasteiger charge is 2.03. The Morgan fingerprint density at radius 3 is 2.74 bits per heavy atom. The molecule has 0 bridgehead atoms.